The van der Waals surface area contributed by atoms with E-state index in [1.54, 1.807) is 0 Å². The van der Waals surface area contributed by atoms with Gasteiger partial charge in [-0.3, -0.25) is 9.78 Å². The van der Waals surface area contributed by atoms with E-state index in [9.17, 15) is 14.4 Å². The first-order valence-electron chi connectivity index (χ1n) is 6.36. The maximum absolute atomic E-state index is 13.1. The minimum Gasteiger partial charge on any atom is -0.312 e. The number of carbonyl (C=O) groups is 1. The van der Waals surface area contributed by atoms with Gasteiger partial charge in [-0.25, -0.2) is 4.39 Å². The van der Waals surface area contributed by atoms with E-state index in [4.69, 9.17) is 0 Å². The smallest absolute Gasteiger partial charge is 0.257 e. The van der Waals surface area contributed by atoms with Crippen LogP contribution in [0.25, 0.3) is 0 Å². The highest BCUT2D eigenvalue weighted by Gasteiger charge is 2.22. The zero-order valence-electron chi connectivity index (χ0n) is 10.9. The summed E-state index contributed by atoms with van der Waals surface area (Å²) in [5.41, 5.74) is 1.63. The average Bonchev–Trinajstić information content (AvgIpc) is 2.84. The minimum absolute atomic E-state index is 0.128. The molecule has 7 heteroatoms. The first-order valence-corrected chi connectivity index (χ1v) is 7.18. The van der Waals surface area contributed by atoms with Gasteiger partial charge in [0.25, 0.3) is 5.91 Å². The lowest BCUT2D eigenvalue weighted by Crippen LogP contribution is -2.22. The molecule has 5 nitrogen and oxygen atoms in total. The number of nitrogens with zero attached hydrogens (tertiary/aromatic N) is 2. The highest BCUT2D eigenvalue weighted by molar-refractivity contribution is 7.16. The molecule has 0 unspecified atom stereocenters. The van der Waals surface area contributed by atoms with Crippen LogP contribution in [0.15, 0.2) is 18.5 Å². The van der Waals surface area contributed by atoms with Crippen molar-refractivity contribution in [3.05, 3.63) is 45.8 Å². The van der Waals surface area contributed by atoms with Crippen molar-refractivity contribution in [2.75, 3.05) is 11.9 Å². The van der Waals surface area contributed by atoms with E-state index in [1.165, 1.54) is 17.5 Å². The molecule has 0 radical (unpaired) electrons. The largest absolute Gasteiger partial charge is 0.312 e. The molecule has 3 rings (SSSR count). The Morgan fingerprint density at radius 2 is 2.38 bits per heavy atom. The van der Waals surface area contributed by atoms with Gasteiger partial charge in [0.15, 0.2) is 0 Å². The van der Waals surface area contributed by atoms with E-state index in [0.29, 0.717) is 17.1 Å². The normalized spacial score (nSPS) is 13.3. The monoisotopic (exact) mass is 302 g/mol. The fourth-order valence-corrected chi connectivity index (χ4v) is 3.41. The summed E-state index contributed by atoms with van der Waals surface area (Å²) in [6.07, 6.45) is 3.10. The molecule has 21 heavy (non-hydrogen) atoms. The first kappa shape index (κ1) is 13.7. The standard InChI is InChI=1S/C14H11FN4OS/c15-9-3-8(5-18-6-9)13(20)19-14-11(4-16)10-1-2-17-7-12(10)21-14/h3,5-6,17H,1-2,7H2,(H,19,20). The third-order valence-electron chi connectivity index (χ3n) is 3.23. The number of hydrogen-bond acceptors (Lipinski definition) is 5. The Morgan fingerprint density at radius 3 is 3.14 bits per heavy atom. The van der Waals surface area contributed by atoms with Gasteiger partial charge in [0.2, 0.25) is 0 Å². The van der Waals surface area contributed by atoms with Gasteiger partial charge in [0, 0.05) is 17.6 Å². The summed E-state index contributed by atoms with van der Waals surface area (Å²) in [4.78, 5) is 16.8. The second kappa shape index (κ2) is 5.60. The van der Waals surface area contributed by atoms with E-state index in [-0.39, 0.29) is 5.56 Å². The van der Waals surface area contributed by atoms with Crippen molar-refractivity contribution >= 4 is 22.2 Å². The van der Waals surface area contributed by atoms with Gasteiger partial charge in [-0.05, 0) is 24.6 Å². The number of fused-ring (bicyclic) bond motifs is 1. The molecular formula is C14H11FN4OS. The van der Waals surface area contributed by atoms with Gasteiger partial charge >= 0.3 is 0 Å². The summed E-state index contributed by atoms with van der Waals surface area (Å²) in [6.45, 7) is 1.52. The van der Waals surface area contributed by atoms with Gasteiger partial charge in [0.1, 0.15) is 16.9 Å². The van der Waals surface area contributed by atoms with Crippen molar-refractivity contribution in [2.45, 2.75) is 13.0 Å². The fraction of sp³-hybridized carbons (Fsp3) is 0.214. The maximum Gasteiger partial charge on any atom is 0.257 e. The fourth-order valence-electron chi connectivity index (χ4n) is 2.25. The summed E-state index contributed by atoms with van der Waals surface area (Å²) in [5, 5.41) is 15.7. The second-order valence-corrected chi connectivity index (χ2v) is 5.70. The lowest BCUT2D eigenvalue weighted by atomic mass is 10.1. The van der Waals surface area contributed by atoms with Crippen LogP contribution in [0.4, 0.5) is 9.39 Å². The van der Waals surface area contributed by atoms with Gasteiger partial charge in [-0.2, -0.15) is 5.26 Å². The van der Waals surface area contributed by atoms with Crippen LogP contribution in [0.2, 0.25) is 0 Å². The van der Waals surface area contributed by atoms with Crippen molar-refractivity contribution in [1.29, 1.82) is 5.26 Å². The van der Waals surface area contributed by atoms with E-state index in [1.807, 2.05) is 0 Å². The van der Waals surface area contributed by atoms with Crippen LogP contribution in [0.1, 0.15) is 26.4 Å². The van der Waals surface area contributed by atoms with Crippen molar-refractivity contribution < 1.29 is 9.18 Å². The molecular weight excluding hydrogens is 291 g/mol. The van der Waals surface area contributed by atoms with E-state index in [0.717, 1.165) is 35.7 Å². The molecule has 1 amide bonds. The number of nitrogens with one attached hydrogen (secondary N) is 2. The van der Waals surface area contributed by atoms with Gasteiger partial charge < -0.3 is 10.6 Å². The third-order valence-corrected chi connectivity index (χ3v) is 4.38. The minimum atomic E-state index is -0.571. The van der Waals surface area contributed by atoms with E-state index < -0.39 is 11.7 Å². The molecule has 3 heterocycles. The Morgan fingerprint density at radius 1 is 1.52 bits per heavy atom. The number of hydrogen-bond donors (Lipinski definition) is 2. The summed E-state index contributed by atoms with van der Waals surface area (Å²) in [5.74, 6) is -1.04. The number of amides is 1. The molecule has 0 saturated carbocycles. The zero-order chi connectivity index (χ0) is 14.8. The summed E-state index contributed by atoms with van der Waals surface area (Å²) in [7, 11) is 0. The Labute approximate surface area is 124 Å². The molecule has 2 N–H and O–H groups in total. The molecule has 1 aliphatic heterocycles. The number of carbonyl (C=O) groups excluding carboxylic acids is 1. The number of aromatic nitrogens is 1. The van der Waals surface area contributed by atoms with Crippen LogP contribution < -0.4 is 10.6 Å². The highest BCUT2D eigenvalue weighted by Crippen LogP contribution is 2.34. The summed E-state index contributed by atoms with van der Waals surface area (Å²) in [6, 6.07) is 3.26. The number of halogens is 1. The summed E-state index contributed by atoms with van der Waals surface area (Å²) >= 11 is 1.38. The molecule has 0 spiro atoms. The average molecular weight is 302 g/mol. The Bertz CT molecular complexity index is 750. The predicted molar refractivity (Wildman–Crippen MR) is 76.6 cm³/mol. The molecule has 0 fully saturated rings. The van der Waals surface area contributed by atoms with Crippen LogP contribution in [0.3, 0.4) is 0 Å². The molecule has 0 atom stereocenters. The molecule has 106 valence electrons. The van der Waals surface area contributed by atoms with Crippen LogP contribution in [0, 0.1) is 17.1 Å². The molecule has 0 saturated heterocycles. The second-order valence-electron chi connectivity index (χ2n) is 4.59. The Balaban J connectivity index is 1.90. The molecule has 2 aromatic heterocycles. The SMILES string of the molecule is N#Cc1c(NC(=O)c2cncc(F)c2)sc2c1CCNC2. The van der Waals surface area contributed by atoms with Gasteiger partial charge in [-0.15, -0.1) is 11.3 Å². The van der Waals surface area contributed by atoms with Crippen LogP contribution >= 0.6 is 11.3 Å². The van der Waals surface area contributed by atoms with Crippen molar-refractivity contribution in [1.82, 2.24) is 10.3 Å². The number of thiophene rings is 1. The molecule has 0 aliphatic carbocycles. The number of anilines is 1. The lowest BCUT2D eigenvalue weighted by molar-refractivity contribution is 0.102. The maximum atomic E-state index is 13.1. The lowest BCUT2D eigenvalue weighted by Gasteiger charge is -2.11. The van der Waals surface area contributed by atoms with Crippen LogP contribution in [-0.4, -0.2) is 17.4 Å². The quantitative estimate of drug-likeness (QED) is 0.890. The van der Waals surface area contributed by atoms with Crippen molar-refractivity contribution in [3.8, 4) is 6.07 Å². The van der Waals surface area contributed by atoms with Gasteiger partial charge in [-0.1, -0.05) is 0 Å². The molecule has 0 bridgehead atoms. The number of pyridine rings is 1. The zero-order valence-corrected chi connectivity index (χ0v) is 11.8. The third kappa shape index (κ3) is 2.63. The van der Waals surface area contributed by atoms with Crippen molar-refractivity contribution in [2.24, 2.45) is 0 Å². The van der Waals surface area contributed by atoms with Gasteiger partial charge in [0.05, 0.1) is 17.3 Å². The summed E-state index contributed by atoms with van der Waals surface area (Å²) < 4.78 is 13.1. The Kier molecular flexibility index (Phi) is 3.64. The first-order chi connectivity index (χ1) is 10.2. The predicted octanol–water partition coefficient (Wildman–Crippen LogP) is 2.05. The topological polar surface area (TPSA) is 77.8 Å². The molecule has 2 aromatic rings. The van der Waals surface area contributed by atoms with Crippen LogP contribution in [-0.2, 0) is 13.0 Å². The van der Waals surface area contributed by atoms with E-state index >= 15 is 0 Å². The van der Waals surface area contributed by atoms with E-state index in [2.05, 4.69) is 21.7 Å². The number of nitriles is 1. The number of rotatable bonds is 2. The Hall–Kier alpha value is -2.30. The van der Waals surface area contributed by atoms with Crippen LogP contribution in [0.5, 0.6) is 0 Å². The van der Waals surface area contributed by atoms with Crippen molar-refractivity contribution in [3.63, 3.8) is 0 Å². The highest BCUT2D eigenvalue weighted by atomic mass is 32.1. The molecule has 1 aliphatic rings. The molecule has 0 aromatic carbocycles.